The molecule has 1 heterocycles. The van der Waals surface area contributed by atoms with Gasteiger partial charge in [0.1, 0.15) is 0 Å². The second kappa shape index (κ2) is 8.38. The lowest BCUT2D eigenvalue weighted by Gasteiger charge is -2.07. The molecule has 98 valence electrons. The Kier molecular flexibility index (Phi) is 7.55. The highest BCUT2D eigenvalue weighted by atomic mass is 32.2. The fourth-order valence-corrected chi connectivity index (χ4v) is 4.69. The quantitative estimate of drug-likeness (QED) is 0.632. The molecule has 2 nitrogen and oxygen atoms in total. The van der Waals surface area contributed by atoms with Gasteiger partial charge in [-0.1, -0.05) is 69.0 Å². The van der Waals surface area contributed by atoms with Gasteiger partial charge in [-0.2, -0.15) is 0 Å². The molecule has 1 aromatic heterocycles. The van der Waals surface area contributed by atoms with E-state index in [4.69, 9.17) is 0 Å². The lowest BCUT2D eigenvalue weighted by molar-refractivity contribution is 0.636. The van der Waals surface area contributed by atoms with E-state index in [-0.39, 0.29) is 0 Å². The van der Waals surface area contributed by atoms with E-state index in [1.54, 1.807) is 11.3 Å². The van der Waals surface area contributed by atoms with Gasteiger partial charge in [0.15, 0.2) is 8.68 Å². The Bertz CT molecular complexity index is 310. The summed E-state index contributed by atoms with van der Waals surface area (Å²) in [5, 5.41) is 9.21. The Morgan fingerprint density at radius 2 is 1.71 bits per heavy atom. The number of hydrogen-bond donors (Lipinski definition) is 0. The Balaban J connectivity index is 2.42. The summed E-state index contributed by atoms with van der Waals surface area (Å²) in [4.78, 5) is 0. The van der Waals surface area contributed by atoms with Crippen LogP contribution >= 0.6 is 34.9 Å². The molecule has 0 fully saturated rings. The maximum Gasteiger partial charge on any atom is 0.175 e. The van der Waals surface area contributed by atoms with Crippen molar-refractivity contribution in [1.29, 1.82) is 0 Å². The van der Waals surface area contributed by atoms with Crippen molar-refractivity contribution in [3.63, 3.8) is 0 Å². The highest BCUT2D eigenvalue weighted by Crippen LogP contribution is 2.33. The third kappa shape index (κ3) is 5.62. The molecule has 0 amide bonds. The second-order valence-electron chi connectivity index (χ2n) is 4.21. The number of aromatic nitrogens is 2. The molecule has 0 aliphatic heterocycles. The smallest absolute Gasteiger partial charge is 0.131 e. The highest BCUT2D eigenvalue weighted by Gasteiger charge is 2.11. The lowest BCUT2D eigenvalue weighted by Crippen LogP contribution is -1.96. The second-order valence-corrected chi connectivity index (χ2v) is 8.01. The van der Waals surface area contributed by atoms with Crippen LogP contribution < -0.4 is 0 Å². The molecule has 1 rings (SSSR count). The van der Waals surface area contributed by atoms with Crippen LogP contribution in [0.5, 0.6) is 0 Å². The molecule has 5 heteroatoms. The van der Waals surface area contributed by atoms with E-state index < -0.39 is 0 Å². The topological polar surface area (TPSA) is 25.8 Å². The van der Waals surface area contributed by atoms with Crippen LogP contribution in [0, 0.1) is 5.92 Å². The minimum Gasteiger partial charge on any atom is -0.131 e. The fraction of sp³-hybridized carbons (Fsp3) is 0.833. The molecular weight excluding hydrogens is 268 g/mol. The average Bonchev–Trinajstić information content (AvgIpc) is 2.80. The van der Waals surface area contributed by atoms with Crippen LogP contribution in [-0.2, 0) is 0 Å². The fourth-order valence-electron chi connectivity index (χ4n) is 1.23. The molecule has 17 heavy (non-hydrogen) atoms. The van der Waals surface area contributed by atoms with Crippen molar-refractivity contribution in [2.75, 3.05) is 5.75 Å². The molecule has 0 aliphatic rings. The van der Waals surface area contributed by atoms with Crippen molar-refractivity contribution in [2.24, 2.45) is 5.92 Å². The molecule has 0 saturated heterocycles. The van der Waals surface area contributed by atoms with E-state index in [9.17, 15) is 0 Å². The molecule has 1 unspecified atom stereocenters. The number of thioether (sulfide) groups is 2. The maximum atomic E-state index is 4.27. The zero-order valence-electron chi connectivity index (χ0n) is 11.1. The van der Waals surface area contributed by atoms with Gasteiger partial charge in [0.2, 0.25) is 0 Å². The number of hydrogen-bond acceptors (Lipinski definition) is 5. The minimum absolute atomic E-state index is 0.690. The number of nitrogens with zero attached hydrogens (tertiary/aromatic N) is 2. The Morgan fingerprint density at radius 3 is 2.29 bits per heavy atom. The van der Waals surface area contributed by atoms with Crippen LogP contribution in [0.4, 0.5) is 0 Å². The van der Waals surface area contributed by atoms with E-state index in [0.717, 1.165) is 20.4 Å². The first-order valence-electron chi connectivity index (χ1n) is 6.32. The summed E-state index contributed by atoms with van der Waals surface area (Å²) in [6.07, 6.45) is 3.65. The lowest BCUT2D eigenvalue weighted by atomic mass is 10.2. The third-order valence-electron chi connectivity index (χ3n) is 2.75. The molecule has 0 spiro atoms. The van der Waals surface area contributed by atoms with Crippen molar-refractivity contribution < 1.29 is 0 Å². The van der Waals surface area contributed by atoms with Crippen LogP contribution in [0.25, 0.3) is 0 Å². The predicted octanol–water partition coefficient (Wildman–Crippen LogP) is 4.96. The van der Waals surface area contributed by atoms with Gasteiger partial charge in [0.25, 0.3) is 0 Å². The van der Waals surface area contributed by atoms with Crippen LogP contribution in [0.1, 0.15) is 47.0 Å². The first kappa shape index (κ1) is 15.3. The van der Waals surface area contributed by atoms with Crippen molar-refractivity contribution in [2.45, 2.75) is 60.9 Å². The summed E-state index contributed by atoms with van der Waals surface area (Å²) < 4.78 is 2.25. The van der Waals surface area contributed by atoms with Gasteiger partial charge < -0.3 is 0 Å². The van der Waals surface area contributed by atoms with Crippen molar-refractivity contribution >= 4 is 34.9 Å². The van der Waals surface area contributed by atoms with Crippen molar-refractivity contribution in [1.82, 2.24) is 10.2 Å². The third-order valence-corrected chi connectivity index (χ3v) is 6.76. The van der Waals surface area contributed by atoms with Gasteiger partial charge in [-0.05, 0) is 18.8 Å². The van der Waals surface area contributed by atoms with Gasteiger partial charge in [-0.25, -0.2) is 0 Å². The Morgan fingerprint density at radius 1 is 1.06 bits per heavy atom. The normalized spacial score (nSPS) is 13.2. The minimum atomic E-state index is 0.690. The zero-order chi connectivity index (χ0) is 12.7. The molecule has 0 aromatic carbocycles. The van der Waals surface area contributed by atoms with E-state index in [1.807, 2.05) is 23.5 Å². The zero-order valence-corrected chi connectivity index (χ0v) is 13.6. The summed E-state index contributed by atoms with van der Waals surface area (Å²) in [5.41, 5.74) is 0. The molecule has 1 aromatic rings. The number of rotatable bonds is 8. The van der Waals surface area contributed by atoms with Gasteiger partial charge >= 0.3 is 0 Å². The summed E-state index contributed by atoms with van der Waals surface area (Å²) in [6, 6.07) is 0. The highest BCUT2D eigenvalue weighted by molar-refractivity contribution is 8.03. The monoisotopic (exact) mass is 290 g/mol. The Hall–Kier alpha value is 0.260. The Labute approximate surface area is 117 Å². The standard InChI is InChI=1S/C12H22N2S3/c1-5-9(4)8-15-11-13-14-12(17-11)16-10(6-2)7-3/h9-10H,5-8H2,1-4H3. The van der Waals surface area contributed by atoms with Gasteiger partial charge in [0.05, 0.1) is 0 Å². The summed E-state index contributed by atoms with van der Waals surface area (Å²) in [5.74, 6) is 1.92. The molecular formula is C12H22N2S3. The molecule has 0 aliphatic carbocycles. The van der Waals surface area contributed by atoms with Crippen LogP contribution in [0.15, 0.2) is 8.68 Å². The summed E-state index contributed by atoms with van der Waals surface area (Å²) >= 11 is 5.48. The molecule has 0 N–H and O–H groups in total. The molecule has 1 atom stereocenters. The van der Waals surface area contributed by atoms with Gasteiger partial charge in [-0.3, -0.25) is 0 Å². The van der Waals surface area contributed by atoms with Crippen LogP contribution in [0.2, 0.25) is 0 Å². The van der Waals surface area contributed by atoms with E-state index >= 15 is 0 Å². The first-order chi connectivity index (χ1) is 8.19. The van der Waals surface area contributed by atoms with Gasteiger partial charge in [-0.15, -0.1) is 10.2 Å². The predicted molar refractivity (Wildman–Crippen MR) is 80.3 cm³/mol. The summed E-state index contributed by atoms with van der Waals surface area (Å²) in [7, 11) is 0. The molecule has 0 saturated carbocycles. The van der Waals surface area contributed by atoms with Crippen molar-refractivity contribution in [3.05, 3.63) is 0 Å². The molecule has 0 bridgehead atoms. The average molecular weight is 291 g/mol. The first-order valence-corrected chi connectivity index (χ1v) is 9.00. The van der Waals surface area contributed by atoms with Crippen molar-refractivity contribution in [3.8, 4) is 0 Å². The van der Waals surface area contributed by atoms with Crippen LogP contribution in [-0.4, -0.2) is 21.2 Å². The largest absolute Gasteiger partial charge is 0.175 e. The maximum absolute atomic E-state index is 4.27. The molecule has 0 radical (unpaired) electrons. The van der Waals surface area contributed by atoms with Crippen LogP contribution in [0.3, 0.4) is 0 Å². The summed E-state index contributed by atoms with van der Waals surface area (Å²) in [6.45, 7) is 9.00. The SMILES string of the molecule is CCC(C)CSc1nnc(SC(CC)CC)s1. The van der Waals surface area contributed by atoms with E-state index in [0.29, 0.717) is 5.25 Å². The van der Waals surface area contributed by atoms with Gasteiger partial charge in [0, 0.05) is 11.0 Å². The van der Waals surface area contributed by atoms with E-state index in [1.165, 1.54) is 19.3 Å². The van der Waals surface area contributed by atoms with E-state index in [2.05, 4.69) is 37.9 Å².